The van der Waals surface area contributed by atoms with Gasteiger partial charge in [0.05, 0.1) is 25.8 Å². The van der Waals surface area contributed by atoms with Crippen molar-refractivity contribution in [3.8, 4) is 11.5 Å². The molecule has 0 aromatic heterocycles. The smallest absolute Gasteiger partial charge is 0.228 e. The molecule has 0 N–H and O–H groups in total. The van der Waals surface area contributed by atoms with Crippen molar-refractivity contribution in [1.82, 2.24) is 4.90 Å². The Morgan fingerprint density at radius 3 is 2.52 bits per heavy atom. The van der Waals surface area contributed by atoms with Crippen LogP contribution in [0.3, 0.4) is 0 Å². The van der Waals surface area contributed by atoms with Crippen LogP contribution in [0.15, 0.2) is 43.5 Å². The monoisotopic (exact) mass is 344 g/mol. The van der Waals surface area contributed by atoms with E-state index in [1.165, 1.54) is 0 Å². The molecule has 1 heterocycles. The van der Waals surface area contributed by atoms with Crippen molar-refractivity contribution in [2.75, 3.05) is 38.8 Å². The number of rotatable bonds is 8. The summed E-state index contributed by atoms with van der Waals surface area (Å²) in [6.07, 6.45) is 3.51. The van der Waals surface area contributed by atoms with Crippen molar-refractivity contribution in [3.05, 3.63) is 43.5 Å². The average Bonchev–Trinajstić information content (AvgIpc) is 3.01. The summed E-state index contributed by atoms with van der Waals surface area (Å²) in [5.74, 6) is 0.609. The topological polar surface area (TPSA) is 59.1 Å². The van der Waals surface area contributed by atoms with E-state index in [4.69, 9.17) is 9.47 Å². The minimum Gasteiger partial charge on any atom is -0.497 e. The molecule has 0 unspecified atom stereocenters. The number of nitrogens with zero attached hydrogens (tertiary/aromatic N) is 2. The minimum atomic E-state index is -0.400. The van der Waals surface area contributed by atoms with Crippen molar-refractivity contribution < 1.29 is 19.1 Å². The molecule has 1 aliphatic rings. The Balaban J connectivity index is 2.23. The van der Waals surface area contributed by atoms with Gasteiger partial charge >= 0.3 is 0 Å². The summed E-state index contributed by atoms with van der Waals surface area (Å²) in [6, 6.07) is 5.26. The van der Waals surface area contributed by atoms with Crippen molar-refractivity contribution in [1.29, 1.82) is 0 Å². The van der Waals surface area contributed by atoms with Gasteiger partial charge in [-0.1, -0.05) is 12.2 Å². The van der Waals surface area contributed by atoms with E-state index in [9.17, 15) is 9.59 Å². The second-order valence-electron chi connectivity index (χ2n) is 5.76. The third-order valence-electron chi connectivity index (χ3n) is 4.16. The number of hydrogen-bond donors (Lipinski definition) is 0. The van der Waals surface area contributed by atoms with Crippen molar-refractivity contribution in [3.63, 3.8) is 0 Å². The molecule has 0 bridgehead atoms. The summed E-state index contributed by atoms with van der Waals surface area (Å²) in [7, 11) is 3.11. The van der Waals surface area contributed by atoms with Crippen molar-refractivity contribution >= 4 is 17.5 Å². The number of carbonyl (C=O) groups is 2. The molecule has 1 aliphatic heterocycles. The Kier molecular flexibility index (Phi) is 6.22. The van der Waals surface area contributed by atoms with Crippen LogP contribution in [0.4, 0.5) is 5.69 Å². The summed E-state index contributed by atoms with van der Waals surface area (Å²) >= 11 is 0. The first-order valence-corrected chi connectivity index (χ1v) is 8.08. The Bertz CT molecular complexity index is 661. The van der Waals surface area contributed by atoms with E-state index in [0.29, 0.717) is 36.8 Å². The number of amides is 2. The summed E-state index contributed by atoms with van der Waals surface area (Å²) in [5.41, 5.74) is 0.612. The molecule has 1 saturated heterocycles. The summed E-state index contributed by atoms with van der Waals surface area (Å²) in [5, 5.41) is 0. The molecule has 6 nitrogen and oxygen atoms in total. The molecule has 134 valence electrons. The zero-order chi connectivity index (χ0) is 18.4. The lowest BCUT2D eigenvalue weighted by Gasteiger charge is -2.24. The highest BCUT2D eigenvalue weighted by Crippen LogP contribution is 2.36. The van der Waals surface area contributed by atoms with E-state index in [2.05, 4.69) is 13.2 Å². The number of ether oxygens (including phenoxy) is 2. The molecule has 1 atom stereocenters. The van der Waals surface area contributed by atoms with Crippen LogP contribution in [-0.4, -0.2) is 50.6 Å². The molecule has 1 aromatic carbocycles. The molecule has 1 aromatic rings. The minimum absolute atomic E-state index is 0.0717. The number of hydrogen-bond acceptors (Lipinski definition) is 4. The maximum atomic E-state index is 12.7. The molecular weight excluding hydrogens is 320 g/mol. The fourth-order valence-corrected chi connectivity index (χ4v) is 2.94. The predicted molar refractivity (Wildman–Crippen MR) is 97.0 cm³/mol. The maximum Gasteiger partial charge on any atom is 0.228 e. The molecule has 0 spiro atoms. The third kappa shape index (κ3) is 4.02. The quantitative estimate of drug-likeness (QED) is 0.679. The first-order valence-electron chi connectivity index (χ1n) is 8.08. The second-order valence-corrected chi connectivity index (χ2v) is 5.76. The standard InChI is InChI=1S/C19H24N2O4/c1-5-9-20(10-6-2)19(23)14-11-18(22)21(13-14)16-12-15(24-3)7-8-17(16)25-4/h5-8,12,14H,1-2,9-11,13H2,3-4H3/t14-/m1/s1. The highest BCUT2D eigenvalue weighted by atomic mass is 16.5. The Morgan fingerprint density at radius 2 is 1.96 bits per heavy atom. The van der Waals surface area contributed by atoms with Gasteiger partial charge < -0.3 is 19.3 Å². The summed E-state index contributed by atoms with van der Waals surface area (Å²) in [6.45, 7) is 8.52. The van der Waals surface area contributed by atoms with Gasteiger partial charge in [-0.3, -0.25) is 9.59 Å². The largest absolute Gasteiger partial charge is 0.497 e. The average molecular weight is 344 g/mol. The molecule has 2 amide bonds. The van der Waals surface area contributed by atoms with Gasteiger partial charge in [-0.25, -0.2) is 0 Å². The van der Waals surface area contributed by atoms with Gasteiger partial charge in [0.15, 0.2) is 0 Å². The zero-order valence-electron chi connectivity index (χ0n) is 14.7. The molecule has 1 fully saturated rings. The van der Waals surface area contributed by atoms with Gasteiger partial charge in [-0.05, 0) is 12.1 Å². The second kappa shape index (κ2) is 8.37. The molecule has 2 rings (SSSR count). The van der Waals surface area contributed by atoms with Crippen molar-refractivity contribution in [2.24, 2.45) is 5.92 Å². The number of anilines is 1. The van der Waals surface area contributed by atoms with Crippen LogP contribution in [-0.2, 0) is 9.59 Å². The lowest BCUT2D eigenvalue weighted by atomic mass is 10.1. The van der Waals surface area contributed by atoms with Crippen LogP contribution >= 0.6 is 0 Å². The molecule has 0 radical (unpaired) electrons. The first kappa shape index (κ1) is 18.6. The van der Waals surface area contributed by atoms with Crippen LogP contribution in [0.25, 0.3) is 0 Å². The predicted octanol–water partition coefficient (Wildman–Crippen LogP) is 2.26. The van der Waals surface area contributed by atoms with Crippen LogP contribution < -0.4 is 14.4 Å². The Morgan fingerprint density at radius 1 is 1.28 bits per heavy atom. The summed E-state index contributed by atoms with van der Waals surface area (Å²) < 4.78 is 10.6. The Hall–Kier alpha value is -2.76. The van der Waals surface area contributed by atoms with Gasteiger partial charge in [0.2, 0.25) is 11.8 Å². The van der Waals surface area contributed by atoms with Crippen LogP contribution in [0.1, 0.15) is 6.42 Å². The van der Waals surface area contributed by atoms with Gasteiger partial charge in [0.25, 0.3) is 0 Å². The molecule has 6 heteroatoms. The van der Waals surface area contributed by atoms with E-state index >= 15 is 0 Å². The van der Waals surface area contributed by atoms with Gasteiger partial charge in [0.1, 0.15) is 11.5 Å². The van der Waals surface area contributed by atoms with Crippen LogP contribution in [0.5, 0.6) is 11.5 Å². The van der Waals surface area contributed by atoms with Gasteiger partial charge in [-0.15, -0.1) is 13.2 Å². The fourth-order valence-electron chi connectivity index (χ4n) is 2.94. The highest BCUT2D eigenvalue weighted by molar-refractivity contribution is 6.01. The van der Waals surface area contributed by atoms with E-state index in [0.717, 1.165) is 0 Å². The molecule has 0 saturated carbocycles. The van der Waals surface area contributed by atoms with Gasteiger partial charge in [-0.2, -0.15) is 0 Å². The number of methoxy groups -OCH3 is 2. The first-order chi connectivity index (χ1) is 12.0. The van der Waals surface area contributed by atoms with Crippen molar-refractivity contribution in [2.45, 2.75) is 6.42 Å². The van der Waals surface area contributed by atoms with E-state index in [-0.39, 0.29) is 18.2 Å². The fraction of sp³-hybridized carbons (Fsp3) is 0.368. The molecular formula is C19H24N2O4. The highest BCUT2D eigenvalue weighted by Gasteiger charge is 2.38. The van der Waals surface area contributed by atoms with Crippen LogP contribution in [0.2, 0.25) is 0 Å². The third-order valence-corrected chi connectivity index (χ3v) is 4.16. The lowest BCUT2D eigenvalue weighted by Crippen LogP contribution is -2.37. The number of carbonyl (C=O) groups excluding carboxylic acids is 2. The normalized spacial score (nSPS) is 16.5. The van der Waals surface area contributed by atoms with Crippen LogP contribution in [0, 0.1) is 5.92 Å². The van der Waals surface area contributed by atoms with E-state index in [1.807, 2.05) is 0 Å². The summed E-state index contributed by atoms with van der Waals surface area (Å²) in [4.78, 5) is 28.5. The number of benzene rings is 1. The van der Waals surface area contributed by atoms with Gasteiger partial charge in [0, 0.05) is 32.1 Å². The maximum absolute atomic E-state index is 12.7. The Labute approximate surface area is 148 Å². The zero-order valence-corrected chi connectivity index (χ0v) is 14.7. The molecule has 0 aliphatic carbocycles. The van der Waals surface area contributed by atoms with E-state index < -0.39 is 5.92 Å². The lowest BCUT2D eigenvalue weighted by molar-refractivity contribution is -0.134. The molecule has 25 heavy (non-hydrogen) atoms. The van der Waals surface area contributed by atoms with E-state index in [1.54, 1.807) is 54.4 Å². The SMILES string of the molecule is C=CCN(CC=C)C(=O)[C@@H]1CC(=O)N(c2cc(OC)ccc2OC)C1.